The van der Waals surface area contributed by atoms with Crippen molar-refractivity contribution in [3.05, 3.63) is 124 Å². The maximum absolute atomic E-state index is 14.3. The zero-order valence-electron chi connectivity index (χ0n) is 24.4. The Morgan fingerprint density at radius 3 is 2.43 bits per heavy atom. The number of nitrogens with two attached hydrogens (primary N) is 1. The molecule has 0 bridgehead atoms. The summed E-state index contributed by atoms with van der Waals surface area (Å²) in [6, 6.07) is 23.0. The van der Waals surface area contributed by atoms with Crippen LogP contribution in [0.4, 0.5) is 14.5 Å². The molecule has 0 amide bonds. The number of allylic oxidation sites excluding steroid dienone is 3. The second-order valence-electron chi connectivity index (χ2n) is 11.7. The van der Waals surface area contributed by atoms with E-state index in [2.05, 4.69) is 11.5 Å². The highest BCUT2D eigenvalue weighted by Gasteiger charge is 2.47. The first-order valence-corrected chi connectivity index (χ1v) is 14.1. The average molecular weight is 593 g/mol. The van der Waals surface area contributed by atoms with Crippen LogP contribution in [0, 0.1) is 35.3 Å². The summed E-state index contributed by atoms with van der Waals surface area (Å²) in [5.41, 5.74) is 12.8. The monoisotopic (exact) mass is 592 g/mol. The van der Waals surface area contributed by atoms with Crippen molar-refractivity contribution in [1.29, 1.82) is 5.26 Å². The SMILES string of the molecule is Cc1nn(-c2ccccc2)c(Oc2cccc(F)c2)c1C1C(C#N)=C(N)N(Nc2ccc(F)cc2)C2=C1C(=O)CC(C)(C)C2. The number of anilines is 1. The third-order valence-corrected chi connectivity index (χ3v) is 7.83. The Kier molecular flexibility index (Phi) is 7.17. The smallest absolute Gasteiger partial charge is 0.227 e. The number of ether oxygens (including phenoxy) is 1. The van der Waals surface area contributed by atoms with Gasteiger partial charge in [0.05, 0.1) is 45.9 Å². The minimum absolute atomic E-state index is 0.0923. The van der Waals surface area contributed by atoms with E-state index in [4.69, 9.17) is 15.6 Å². The fourth-order valence-corrected chi connectivity index (χ4v) is 5.91. The molecule has 0 fully saturated rings. The van der Waals surface area contributed by atoms with Gasteiger partial charge in [-0.2, -0.15) is 10.4 Å². The van der Waals surface area contributed by atoms with Crippen molar-refractivity contribution in [2.24, 2.45) is 11.1 Å². The number of nitrogens with one attached hydrogen (secondary N) is 1. The number of aromatic nitrogens is 2. The summed E-state index contributed by atoms with van der Waals surface area (Å²) in [4.78, 5) is 14.1. The van der Waals surface area contributed by atoms with Gasteiger partial charge in [0.1, 0.15) is 23.2 Å². The van der Waals surface area contributed by atoms with Crippen molar-refractivity contribution in [2.45, 2.75) is 39.5 Å². The van der Waals surface area contributed by atoms with Gasteiger partial charge in [0.25, 0.3) is 0 Å². The first-order valence-electron chi connectivity index (χ1n) is 14.1. The molecule has 0 spiro atoms. The van der Waals surface area contributed by atoms with Crippen LogP contribution in [0.3, 0.4) is 0 Å². The number of halogens is 2. The lowest BCUT2D eigenvalue weighted by Gasteiger charge is -2.43. The van der Waals surface area contributed by atoms with Crippen LogP contribution in [0.2, 0.25) is 0 Å². The average Bonchev–Trinajstić information content (AvgIpc) is 3.30. The van der Waals surface area contributed by atoms with E-state index in [1.54, 1.807) is 34.8 Å². The van der Waals surface area contributed by atoms with E-state index in [9.17, 15) is 18.8 Å². The molecule has 10 heteroatoms. The van der Waals surface area contributed by atoms with Gasteiger partial charge in [0.2, 0.25) is 5.88 Å². The highest BCUT2D eigenvalue weighted by molar-refractivity contribution is 6.00. The Morgan fingerprint density at radius 2 is 1.75 bits per heavy atom. The van der Waals surface area contributed by atoms with Gasteiger partial charge >= 0.3 is 0 Å². The molecule has 1 unspecified atom stereocenters. The number of para-hydroxylation sites is 1. The van der Waals surface area contributed by atoms with Crippen molar-refractivity contribution < 1.29 is 18.3 Å². The van der Waals surface area contributed by atoms with Gasteiger partial charge in [-0.15, -0.1) is 0 Å². The molecule has 4 aromatic rings. The summed E-state index contributed by atoms with van der Waals surface area (Å²) in [5, 5.41) is 16.9. The van der Waals surface area contributed by atoms with Gasteiger partial charge in [-0.1, -0.05) is 38.1 Å². The van der Waals surface area contributed by atoms with Gasteiger partial charge in [-0.3, -0.25) is 10.2 Å². The number of carbonyl (C=O) groups is 1. The number of hydrogen-bond donors (Lipinski definition) is 2. The minimum atomic E-state index is -0.911. The lowest BCUT2D eigenvalue weighted by Crippen LogP contribution is -2.44. The molecule has 6 rings (SSSR count). The van der Waals surface area contributed by atoms with Crippen LogP contribution in [-0.2, 0) is 4.79 Å². The number of nitriles is 1. The van der Waals surface area contributed by atoms with Crippen LogP contribution in [0.25, 0.3) is 5.69 Å². The number of hydrogen-bond acceptors (Lipinski definition) is 7. The molecule has 0 saturated heterocycles. The van der Waals surface area contributed by atoms with E-state index in [0.29, 0.717) is 40.3 Å². The minimum Gasteiger partial charge on any atom is -0.438 e. The Morgan fingerprint density at radius 1 is 1.02 bits per heavy atom. The summed E-state index contributed by atoms with van der Waals surface area (Å²) >= 11 is 0. The van der Waals surface area contributed by atoms with E-state index in [1.807, 2.05) is 44.2 Å². The lowest BCUT2D eigenvalue weighted by atomic mass is 9.69. The van der Waals surface area contributed by atoms with E-state index in [0.717, 1.165) is 0 Å². The molecular formula is C34H30F2N6O2. The molecule has 2 aliphatic rings. The zero-order chi connectivity index (χ0) is 31.2. The van der Waals surface area contributed by atoms with Gasteiger partial charge in [-0.25, -0.2) is 18.5 Å². The largest absolute Gasteiger partial charge is 0.438 e. The van der Waals surface area contributed by atoms with Crippen molar-refractivity contribution in [3.63, 3.8) is 0 Å². The van der Waals surface area contributed by atoms with Crippen LogP contribution in [0.15, 0.2) is 102 Å². The van der Waals surface area contributed by atoms with Crippen molar-refractivity contribution in [2.75, 3.05) is 5.43 Å². The third-order valence-electron chi connectivity index (χ3n) is 7.83. The number of rotatable bonds is 6. The van der Waals surface area contributed by atoms with Crippen LogP contribution < -0.4 is 15.9 Å². The molecule has 2 heterocycles. The fourth-order valence-electron chi connectivity index (χ4n) is 5.91. The molecule has 1 aromatic heterocycles. The molecule has 0 saturated carbocycles. The summed E-state index contributed by atoms with van der Waals surface area (Å²) in [5.74, 6) is -1.39. The van der Waals surface area contributed by atoms with Crippen LogP contribution in [0.5, 0.6) is 11.6 Å². The summed E-state index contributed by atoms with van der Waals surface area (Å²) in [6.45, 7) is 5.77. The number of aryl methyl sites for hydroxylation is 1. The Balaban J connectivity index is 1.59. The number of ketones is 1. The van der Waals surface area contributed by atoms with Gasteiger partial charge in [0.15, 0.2) is 5.78 Å². The van der Waals surface area contributed by atoms with Crippen LogP contribution in [0.1, 0.15) is 43.9 Å². The fraction of sp³-hybridized carbons (Fsp3) is 0.206. The quantitative estimate of drug-likeness (QED) is 0.248. The molecule has 222 valence electrons. The standard InChI is InChI=1S/C34H30F2N6O2/c1-20-29(33(44-25-11-7-8-22(36)16-25)41(39-20)24-9-5-4-6-10-24)30-26(19-37)32(38)42(40-23-14-12-21(35)13-15-23)27-17-34(2,3)18-28(43)31(27)30/h4-16,30,40H,17-18,38H2,1-3H3. The Hall–Kier alpha value is -5.43. The summed E-state index contributed by atoms with van der Waals surface area (Å²) in [6.07, 6.45) is 0.710. The van der Waals surface area contributed by atoms with E-state index < -0.39 is 23.0 Å². The molecule has 44 heavy (non-hydrogen) atoms. The third kappa shape index (κ3) is 5.17. The van der Waals surface area contributed by atoms with Crippen molar-refractivity contribution >= 4 is 11.5 Å². The zero-order valence-corrected chi connectivity index (χ0v) is 24.4. The predicted molar refractivity (Wildman–Crippen MR) is 161 cm³/mol. The highest BCUT2D eigenvalue weighted by Crippen LogP contribution is 2.52. The first kappa shape index (κ1) is 28.7. The maximum Gasteiger partial charge on any atom is 0.227 e. The number of carbonyl (C=O) groups excluding carboxylic acids is 1. The molecule has 1 aliphatic carbocycles. The summed E-state index contributed by atoms with van der Waals surface area (Å²) in [7, 11) is 0. The van der Waals surface area contributed by atoms with E-state index in [1.165, 1.54) is 30.3 Å². The van der Waals surface area contributed by atoms with Gasteiger partial charge in [0, 0.05) is 18.1 Å². The van der Waals surface area contributed by atoms with Crippen LogP contribution >= 0.6 is 0 Å². The lowest BCUT2D eigenvalue weighted by molar-refractivity contribution is -0.118. The van der Waals surface area contributed by atoms with Crippen molar-refractivity contribution in [1.82, 2.24) is 14.8 Å². The number of benzene rings is 3. The molecule has 0 radical (unpaired) electrons. The van der Waals surface area contributed by atoms with E-state index >= 15 is 0 Å². The topological polar surface area (TPSA) is 109 Å². The molecule has 3 aromatic carbocycles. The summed E-state index contributed by atoms with van der Waals surface area (Å²) < 4.78 is 35.9. The maximum atomic E-state index is 14.3. The normalized spacial score (nSPS) is 17.8. The molecule has 3 N–H and O–H groups in total. The Bertz CT molecular complexity index is 1870. The highest BCUT2D eigenvalue weighted by atomic mass is 19.1. The van der Waals surface area contributed by atoms with Crippen LogP contribution in [-0.4, -0.2) is 20.6 Å². The second-order valence-corrected chi connectivity index (χ2v) is 11.7. The number of Topliss-reactive ketones (excluding diaryl/α,β-unsaturated/α-hetero) is 1. The molecule has 8 nitrogen and oxygen atoms in total. The number of hydrazine groups is 1. The Labute approximate surface area is 253 Å². The van der Waals surface area contributed by atoms with Gasteiger partial charge in [-0.05, 0) is 67.3 Å². The van der Waals surface area contributed by atoms with Gasteiger partial charge < -0.3 is 10.5 Å². The number of nitrogens with zero attached hydrogens (tertiary/aromatic N) is 4. The predicted octanol–water partition coefficient (Wildman–Crippen LogP) is 7.01. The molecule has 1 atom stereocenters. The molecule has 1 aliphatic heterocycles. The second kappa shape index (κ2) is 11.0. The first-order chi connectivity index (χ1) is 21.1. The molecular weight excluding hydrogens is 562 g/mol. The van der Waals surface area contributed by atoms with Crippen molar-refractivity contribution in [3.8, 4) is 23.4 Å². The van der Waals surface area contributed by atoms with E-state index in [-0.39, 0.29) is 35.2 Å².